The van der Waals surface area contributed by atoms with Gasteiger partial charge in [-0.1, -0.05) is 148 Å². The maximum absolute atomic E-state index is 13.1. The molecule has 0 aromatic carbocycles. The maximum Gasteiger partial charge on any atom is 0.306 e. The topological polar surface area (TPSA) is 68.3 Å². The Morgan fingerprint density at radius 3 is 1.56 bits per heavy atom. The summed E-state index contributed by atoms with van der Waals surface area (Å²) in [6, 6.07) is 0. The predicted molar refractivity (Wildman–Crippen MR) is 234 cm³/mol. The Bertz CT molecular complexity index is 888. The monoisotopic (exact) mass is 777 g/mol. The number of allylic oxidation sites excluding steroid dienone is 1. The molecule has 1 saturated carbocycles. The van der Waals surface area contributed by atoms with E-state index in [0.717, 1.165) is 97.1 Å². The summed E-state index contributed by atoms with van der Waals surface area (Å²) in [5, 5.41) is 0. The average Bonchev–Trinajstić information content (AvgIpc) is 3.18. The number of carbonyl (C=O) groups is 2. The van der Waals surface area contributed by atoms with Gasteiger partial charge in [-0.05, 0) is 84.8 Å². The summed E-state index contributed by atoms with van der Waals surface area (Å²) in [6.07, 6.45) is 42.4. The third kappa shape index (κ3) is 32.2. The van der Waals surface area contributed by atoms with Gasteiger partial charge < -0.3 is 24.0 Å². The van der Waals surface area contributed by atoms with Crippen LogP contribution in [0.2, 0.25) is 0 Å². The van der Waals surface area contributed by atoms with Gasteiger partial charge in [0.25, 0.3) is 0 Å². The van der Waals surface area contributed by atoms with E-state index in [0.29, 0.717) is 25.4 Å². The minimum Gasteiger partial charge on any atom is -0.461 e. The minimum absolute atomic E-state index is 0.0699. The lowest BCUT2D eigenvalue weighted by atomic mass is 9.94. The molecule has 0 heterocycles. The summed E-state index contributed by atoms with van der Waals surface area (Å²) in [4.78, 5) is 29.5. The molecule has 1 fully saturated rings. The average molecular weight is 777 g/mol. The molecule has 0 aromatic rings. The summed E-state index contributed by atoms with van der Waals surface area (Å²) < 4.78 is 18.2. The molecule has 0 atom stereocenters. The van der Waals surface area contributed by atoms with Crippen LogP contribution in [0.1, 0.15) is 226 Å². The summed E-state index contributed by atoms with van der Waals surface area (Å²) in [7, 11) is 4.16. The lowest BCUT2D eigenvalue weighted by Crippen LogP contribution is -2.38. The van der Waals surface area contributed by atoms with Crippen LogP contribution in [0.15, 0.2) is 12.2 Å². The predicted octanol–water partition coefficient (Wildman–Crippen LogP) is 13.1. The summed E-state index contributed by atoms with van der Waals surface area (Å²) >= 11 is 0. The van der Waals surface area contributed by atoms with Gasteiger partial charge >= 0.3 is 5.97 Å². The van der Waals surface area contributed by atoms with E-state index in [1.54, 1.807) is 0 Å². The molecule has 0 saturated heterocycles. The van der Waals surface area contributed by atoms with Gasteiger partial charge in [0.05, 0.1) is 13.2 Å². The molecule has 0 unspecified atom stereocenters. The Labute approximate surface area is 341 Å². The van der Waals surface area contributed by atoms with Gasteiger partial charge in [0, 0.05) is 38.8 Å². The van der Waals surface area contributed by atoms with Crippen LogP contribution in [-0.4, -0.2) is 81.0 Å². The molecule has 1 aliphatic rings. The number of amides is 1. The fourth-order valence-corrected chi connectivity index (χ4v) is 7.72. The van der Waals surface area contributed by atoms with Crippen molar-refractivity contribution in [2.24, 2.45) is 0 Å². The summed E-state index contributed by atoms with van der Waals surface area (Å²) in [5.41, 5.74) is 0. The number of hydrogen-bond acceptors (Lipinski definition) is 6. The lowest BCUT2D eigenvalue weighted by Gasteiger charge is -2.37. The molecule has 324 valence electrons. The molecule has 0 N–H and O–H groups in total. The normalized spacial score (nSPS) is 14.3. The van der Waals surface area contributed by atoms with E-state index in [4.69, 9.17) is 14.2 Å². The third-order valence-electron chi connectivity index (χ3n) is 11.3. The standard InChI is InChI=1S/C48H92N2O5/c1-5-7-9-11-18-24-32-43-53-47(52)37-27-20-15-14-17-22-31-42-50(46(51)36-35-40-49(3)4)41-30-21-16-12-13-19-25-34-45-55-48(38-28-26-29-39-48)54-44-33-23-10-8-6-2/h24,32H,5-23,25-31,33-45H2,1-4H3. The molecule has 0 radical (unpaired) electrons. The molecule has 0 bridgehead atoms. The van der Waals surface area contributed by atoms with Crippen molar-refractivity contribution in [2.45, 2.75) is 232 Å². The zero-order valence-electron chi connectivity index (χ0n) is 37.2. The van der Waals surface area contributed by atoms with Crippen molar-refractivity contribution in [1.29, 1.82) is 0 Å². The van der Waals surface area contributed by atoms with Crippen molar-refractivity contribution in [3.05, 3.63) is 12.2 Å². The van der Waals surface area contributed by atoms with Gasteiger partial charge in [0.1, 0.15) is 6.61 Å². The Morgan fingerprint density at radius 2 is 1.02 bits per heavy atom. The molecule has 7 heteroatoms. The van der Waals surface area contributed by atoms with E-state index in [-0.39, 0.29) is 11.8 Å². The van der Waals surface area contributed by atoms with E-state index in [1.165, 1.54) is 135 Å². The van der Waals surface area contributed by atoms with Crippen molar-refractivity contribution in [2.75, 3.05) is 53.6 Å². The number of hydrogen-bond donors (Lipinski definition) is 0. The number of nitrogens with zero attached hydrogens (tertiary/aromatic N) is 2. The Morgan fingerprint density at radius 1 is 0.527 bits per heavy atom. The fourth-order valence-electron chi connectivity index (χ4n) is 7.72. The second kappa shape index (κ2) is 38.1. The van der Waals surface area contributed by atoms with Gasteiger partial charge in [0.2, 0.25) is 5.91 Å². The van der Waals surface area contributed by atoms with Crippen LogP contribution in [0, 0.1) is 0 Å². The van der Waals surface area contributed by atoms with Crippen molar-refractivity contribution in [3.8, 4) is 0 Å². The summed E-state index contributed by atoms with van der Waals surface area (Å²) in [5.74, 6) is -0.0279. The minimum atomic E-state index is -0.297. The van der Waals surface area contributed by atoms with E-state index in [2.05, 4.69) is 43.8 Å². The smallest absolute Gasteiger partial charge is 0.306 e. The second-order valence-corrected chi connectivity index (χ2v) is 16.9. The highest BCUT2D eigenvalue weighted by Gasteiger charge is 2.33. The van der Waals surface area contributed by atoms with Gasteiger partial charge in [-0.15, -0.1) is 0 Å². The van der Waals surface area contributed by atoms with Crippen molar-refractivity contribution < 1.29 is 23.8 Å². The van der Waals surface area contributed by atoms with E-state index >= 15 is 0 Å². The summed E-state index contributed by atoms with van der Waals surface area (Å²) in [6.45, 7) is 9.37. The molecule has 1 rings (SSSR count). The molecule has 0 spiro atoms. The molecular formula is C48H92N2O5. The zero-order valence-corrected chi connectivity index (χ0v) is 37.2. The highest BCUT2D eigenvalue weighted by Crippen LogP contribution is 2.33. The van der Waals surface area contributed by atoms with Crippen LogP contribution in [0.25, 0.3) is 0 Å². The van der Waals surface area contributed by atoms with Crippen LogP contribution in [0.4, 0.5) is 0 Å². The highest BCUT2D eigenvalue weighted by molar-refractivity contribution is 5.76. The van der Waals surface area contributed by atoms with Crippen molar-refractivity contribution in [3.63, 3.8) is 0 Å². The first-order valence-corrected chi connectivity index (χ1v) is 23.9. The number of carbonyl (C=O) groups excluding carboxylic acids is 2. The molecule has 1 amide bonds. The van der Waals surface area contributed by atoms with Crippen LogP contribution in [0.3, 0.4) is 0 Å². The molecule has 0 aliphatic heterocycles. The van der Waals surface area contributed by atoms with Gasteiger partial charge in [0.15, 0.2) is 5.79 Å². The Hall–Kier alpha value is -1.44. The van der Waals surface area contributed by atoms with Crippen LogP contribution in [0.5, 0.6) is 0 Å². The SMILES string of the molecule is CCCCCCC=CCOC(=O)CCCCCCCCCN(CCCCCCCCCCOC1(OCCCCCCC)CCCCC1)C(=O)CCCN(C)C. The van der Waals surface area contributed by atoms with E-state index in [1.807, 2.05) is 6.08 Å². The van der Waals surface area contributed by atoms with Gasteiger partial charge in [-0.25, -0.2) is 0 Å². The second-order valence-electron chi connectivity index (χ2n) is 16.9. The van der Waals surface area contributed by atoms with Crippen LogP contribution < -0.4 is 0 Å². The molecule has 0 aromatic heterocycles. The number of rotatable bonds is 40. The first kappa shape index (κ1) is 51.6. The molecule has 55 heavy (non-hydrogen) atoms. The molecule has 7 nitrogen and oxygen atoms in total. The van der Waals surface area contributed by atoms with Crippen LogP contribution >= 0.6 is 0 Å². The molecule has 1 aliphatic carbocycles. The van der Waals surface area contributed by atoms with Crippen molar-refractivity contribution in [1.82, 2.24) is 9.80 Å². The van der Waals surface area contributed by atoms with Crippen LogP contribution in [-0.2, 0) is 23.8 Å². The number of unbranched alkanes of at least 4 members (excludes halogenated alkanes) is 21. The molecular weight excluding hydrogens is 685 g/mol. The third-order valence-corrected chi connectivity index (χ3v) is 11.3. The van der Waals surface area contributed by atoms with E-state index in [9.17, 15) is 9.59 Å². The quantitative estimate of drug-likeness (QED) is 0.0267. The van der Waals surface area contributed by atoms with Crippen molar-refractivity contribution >= 4 is 11.9 Å². The largest absolute Gasteiger partial charge is 0.461 e. The van der Waals surface area contributed by atoms with E-state index < -0.39 is 0 Å². The first-order valence-electron chi connectivity index (χ1n) is 23.9. The maximum atomic E-state index is 13.1. The zero-order chi connectivity index (χ0) is 39.9. The Kier molecular flexibility index (Phi) is 35.7. The number of ether oxygens (including phenoxy) is 3. The first-order chi connectivity index (χ1) is 26.9. The van der Waals surface area contributed by atoms with Gasteiger partial charge in [-0.2, -0.15) is 0 Å². The Balaban J connectivity index is 2.14. The highest BCUT2D eigenvalue weighted by atomic mass is 16.7. The van der Waals surface area contributed by atoms with Gasteiger partial charge in [-0.3, -0.25) is 9.59 Å². The fraction of sp³-hybridized carbons (Fsp3) is 0.917. The number of esters is 1. The lowest BCUT2D eigenvalue weighted by molar-refractivity contribution is -0.253.